The highest BCUT2D eigenvalue weighted by Crippen LogP contribution is 2.27. The van der Waals surface area contributed by atoms with Gasteiger partial charge in [-0.2, -0.15) is 5.10 Å². The van der Waals surface area contributed by atoms with Crippen LogP contribution in [0.15, 0.2) is 115 Å². The molecule has 0 spiro atoms. The van der Waals surface area contributed by atoms with Crippen LogP contribution in [0.1, 0.15) is 26.3 Å². The van der Waals surface area contributed by atoms with Crippen molar-refractivity contribution < 1.29 is 9.59 Å². The average molecular weight is 478 g/mol. The van der Waals surface area contributed by atoms with Crippen LogP contribution < -0.4 is 5.32 Å². The fourth-order valence-electron chi connectivity index (χ4n) is 3.82. The van der Waals surface area contributed by atoms with Gasteiger partial charge in [-0.3, -0.25) is 9.59 Å². The number of nitrogens with zero attached hydrogens (tertiary/aromatic N) is 2. The second kappa shape index (κ2) is 9.79. The van der Waals surface area contributed by atoms with E-state index in [1.807, 2.05) is 60.7 Å². The molecule has 0 saturated carbocycles. The van der Waals surface area contributed by atoms with Crippen molar-refractivity contribution in [3.63, 3.8) is 0 Å². The monoisotopic (exact) mass is 477 g/mol. The number of benzene rings is 4. The molecule has 170 valence electrons. The van der Waals surface area contributed by atoms with Gasteiger partial charge in [0, 0.05) is 27.4 Å². The first-order valence-electron chi connectivity index (χ1n) is 11.0. The number of carbonyl (C=O) groups is 2. The number of carbonyl (C=O) groups excluding carboxylic acids is 2. The zero-order valence-electron chi connectivity index (χ0n) is 18.6. The Balaban J connectivity index is 1.42. The molecule has 1 amide bonds. The molecule has 0 radical (unpaired) electrons. The molecule has 0 fully saturated rings. The van der Waals surface area contributed by atoms with Crippen molar-refractivity contribution in [2.75, 3.05) is 5.32 Å². The smallest absolute Gasteiger partial charge is 0.259 e. The molecule has 1 N–H and O–H groups in total. The number of para-hydroxylation sites is 1. The Morgan fingerprint density at radius 2 is 1.29 bits per heavy atom. The lowest BCUT2D eigenvalue weighted by atomic mass is 10.0. The molecule has 5 rings (SSSR count). The van der Waals surface area contributed by atoms with E-state index in [9.17, 15) is 9.59 Å². The number of anilines is 1. The summed E-state index contributed by atoms with van der Waals surface area (Å²) in [7, 11) is 0. The van der Waals surface area contributed by atoms with E-state index in [1.54, 1.807) is 59.4 Å². The van der Waals surface area contributed by atoms with Gasteiger partial charge in [0.25, 0.3) is 5.91 Å². The Hall–Kier alpha value is -4.48. The van der Waals surface area contributed by atoms with Crippen molar-refractivity contribution >= 4 is 29.0 Å². The standard InChI is InChI=1S/C29H20ClN3O2/c30-23-15-11-21(12-16-23)28(34)22-13-17-24(18-14-22)32-29(35)26-19-31-33(25-9-5-2-6-10-25)27(26)20-7-3-1-4-8-20/h1-19H,(H,32,35). The van der Waals surface area contributed by atoms with Crippen LogP contribution in [-0.2, 0) is 0 Å². The molecular formula is C29H20ClN3O2. The summed E-state index contributed by atoms with van der Waals surface area (Å²) in [6.45, 7) is 0. The summed E-state index contributed by atoms with van der Waals surface area (Å²) in [4.78, 5) is 26.0. The highest BCUT2D eigenvalue weighted by molar-refractivity contribution is 6.30. The van der Waals surface area contributed by atoms with E-state index in [2.05, 4.69) is 10.4 Å². The van der Waals surface area contributed by atoms with Gasteiger partial charge in [0.15, 0.2) is 5.78 Å². The van der Waals surface area contributed by atoms with E-state index in [0.717, 1.165) is 11.3 Å². The van der Waals surface area contributed by atoms with Crippen LogP contribution in [-0.4, -0.2) is 21.5 Å². The van der Waals surface area contributed by atoms with Gasteiger partial charge in [0.1, 0.15) is 0 Å². The summed E-state index contributed by atoms with van der Waals surface area (Å²) in [5.74, 6) is -0.405. The van der Waals surface area contributed by atoms with Crippen molar-refractivity contribution in [1.29, 1.82) is 0 Å². The minimum atomic E-state index is -0.289. The number of hydrogen-bond acceptors (Lipinski definition) is 3. The molecule has 5 aromatic rings. The Morgan fingerprint density at radius 3 is 1.91 bits per heavy atom. The highest BCUT2D eigenvalue weighted by Gasteiger charge is 2.20. The van der Waals surface area contributed by atoms with Gasteiger partial charge in [-0.1, -0.05) is 60.1 Å². The Morgan fingerprint density at radius 1 is 0.714 bits per heavy atom. The second-order valence-electron chi connectivity index (χ2n) is 7.89. The normalized spacial score (nSPS) is 10.7. The van der Waals surface area contributed by atoms with Crippen LogP contribution in [0.25, 0.3) is 16.9 Å². The Bertz CT molecular complexity index is 1480. The first kappa shape index (κ1) is 22.3. The average Bonchev–Trinajstić information content (AvgIpc) is 3.36. The molecular weight excluding hydrogens is 458 g/mol. The van der Waals surface area contributed by atoms with Crippen LogP contribution >= 0.6 is 11.6 Å². The first-order chi connectivity index (χ1) is 17.1. The van der Waals surface area contributed by atoms with Crippen molar-refractivity contribution in [3.05, 3.63) is 137 Å². The van der Waals surface area contributed by atoms with E-state index in [-0.39, 0.29) is 11.7 Å². The maximum absolute atomic E-state index is 13.3. The predicted molar refractivity (Wildman–Crippen MR) is 138 cm³/mol. The van der Waals surface area contributed by atoms with Gasteiger partial charge in [-0.05, 0) is 60.7 Å². The third kappa shape index (κ3) is 4.76. The Kier molecular flexibility index (Phi) is 6.24. The number of nitrogens with one attached hydrogen (secondary N) is 1. The molecule has 4 aromatic carbocycles. The summed E-state index contributed by atoms with van der Waals surface area (Å²) in [5.41, 5.74) is 4.52. The van der Waals surface area contributed by atoms with Crippen LogP contribution in [0.4, 0.5) is 5.69 Å². The lowest BCUT2D eigenvalue weighted by Gasteiger charge is -2.11. The number of aromatic nitrogens is 2. The van der Waals surface area contributed by atoms with Crippen LogP contribution in [0.3, 0.4) is 0 Å². The summed E-state index contributed by atoms with van der Waals surface area (Å²) < 4.78 is 1.76. The van der Waals surface area contributed by atoms with Crippen molar-refractivity contribution in [2.45, 2.75) is 0 Å². The van der Waals surface area contributed by atoms with E-state index in [1.165, 1.54) is 0 Å². The number of rotatable bonds is 6. The molecule has 0 bridgehead atoms. The van der Waals surface area contributed by atoms with E-state index in [0.29, 0.717) is 33.1 Å². The van der Waals surface area contributed by atoms with Crippen LogP contribution in [0.5, 0.6) is 0 Å². The third-order valence-corrected chi connectivity index (χ3v) is 5.83. The minimum Gasteiger partial charge on any atom is -0.322 e. The number of amides is 1. The van der Waals surface area contributed by atoms with Gasteiger partial charge in [-0.15, -0.1) is 0 Å². The number of halogens is 1. The largest absolute Gasteiger partial charge is 0.322 e. The lowest BCUT2D eigenvalue weighted by molar-refractivity contribution is 0.102. The quantitative estimate of drug-likeness (QED) is 0.277. The molecule has 0 aliphatic rings. The van der Waals surface area contributed by atoms with E-state index < -0.39 is 0 Å². The van der Waals surface area contributed by atoms with Gasteiger partial charge in [0.05, 0.1) is 23.1 Å². The first-order valence-corrected chi connectivity index (χ1v) is 11.4. The maximum Gasteiger partial charge on any atom is 0.259 e. The van der Waals surface area contributed by atoms with Crippen LogP contribution in [0, 0.1) is 0 Å². The maximum atomic E-state index is 13.3. The molecule has 1 aromatic heterocycles. The number of ketones is 1. The van der Waals surface area contributed by atoms with Crippen molar-refractivity contribution in [1.82, 2.24) is 9.78 Å². The Labute approximate surface area is 207 Å². The van der Waals surface area contributed by atoms with Gasteiger partial charge >= 0.3 is 0 Å². The zero-order valence-corrected chi connectivity index (χ0v) is 19.3. The fourth-order valence-corrected chi connectivity index (χ4v) is 3.95. The zero-order chi connectivity index (χ0) is 24.2. The molecule has 0 saturated heterocycles. The van der Waals surface area contributed by atoms with E-state index >= 15 is 0 Å². The van der Waals surface area contributed by atoms with E-state index in [4.69, 9.17) is 11.6 Å². The highest BCUT2D eigenvalue weighted by atomic mass is 35.5. The fraction of sp³-hybridized carbons (Fsp3) is 0. The SMILES string of the molecule is O=C(c1ccc(Cl)cc1)c1ccc(NC(=O)c2cnn(-c3ccccc3)c2-c2ccccc2)cc1. The summed E-state index contributed by atoms with van der Waals surface area (Å²) in [6.07, 6.45) is 1.57. The minimum absolute atomic E-state index is 0.116. The number of hydrogen-bond donors (Lipinski definition) is 1. The molecule has 0 unspecified atom stereocenters. The second-order valence-corrected chi connectivity index (χ2v) is 8.32. The lowest BCUT2D eigenvalue weighted by Crippen LogP contribution is -2.13. The third-order valence-electron chi connectivity index (χ3n) is 5.57. The van der Waals surface area contributed by atoms with Crippen molar-refractivity contribution in [2.24, 2.45) is 0 Å². The topological polar surface area (TPSA) is 64.0 Å². The molecule has 35 heavy (non-hydrogen) atoms. The molecule has 1 heterocycles. The van der Waals surface area contributed by atoms with Gasteiger partial charge < -0.3 is 5.32 Å². The molecule has 0 aliphatic heterocycles. The molecule has 5 nitrogen and oxygen atoms in total. The summed E-state index contributed by atoms with van der Waals surface area (Å²) in [5, 5.41) is 8.00. The summed E-state index contributed by atoms with van der Waals surface area (Å²) >= 11 is 5.91. The molecule has 0 atom stereocenters. The molecule has 0 aliphatic carbocycles. The van der Waals surface area contributed by atoms with Crippen LogP contribution in [0.2, 0.25) is 5.02 Å². The molecule has 6 heteroatoms. The summed E-state index contributed by atoms with van der Waals surface area (Å²) in [6, 6.07) is 32.9. The van der Waals surface area contributed by atoms with Gasteiger partial charge in [0.2, 0.25) is 0 Å². The van der Waals surface area contributed by atoms with Gasteiger partial charge in [-0.25, -0.2) is 4.68 Å². The van der Waals surface area contributed by atoms with Crippen molar-refractivity contribution in [3.8, 4) is 16.9 Å². The predicted octanol–water partition coefficient (Wildman–Crippen LogP) is 6.68.